The molecule has 0 saturated carbocycles. The number of rotatable bonds is 6. The Labute approximate surface area is 155 Å². The van der Waals surface area contributed by atoms with E-state index in [9.17, 15) is 0 Å². The van der Waals surface area contributed by atoms with Gasteiger partial charge in [-0.1, -0.05) is 23.5 Å². The fourth-order valence-corrected chi connectivity index (χ4v) is 3.74. The van der Waals surface area contributed by atoms with Gasteiger partial charge in [-0.3, -0.25) is 0 Å². The molecule has 0 aliphatic rings. The van der Waals surface area contributed by atoms with Crippen molar-refractivity contribution < 1.29 is 9.47 Å². The van der Waals surface area contributed by atoms with Crippen LogP contribution in [0.15, 0.2) is 48.9 Å². The number of aryl methyl sites for hydroxylation is 2. The lowest BCUT2D eigenvalue weighted by Gasteiger charge is -2.11. The molecule has 0 radical (unpaired) electrons. The minimum atomic E-state index is 0.747. The van der Waals surface area contributed by atoms with E-state index in [1.54, 1.807) is 31.8 Å². The molecule has 7 heteroatoms. The van der Waals surface area contributed by atoms with Crippen LogP contribution >= 0.6 is 11.3 Å². The van der Waals surface area contributed by atoms with Gasteiger partial charge in [-0.15, -0.1) is 10.2 Å². The number of fused-ring (bicyclic) bond motifs is 1. The normalized spacial score (nSPS) is 11.0. The topological polar surface area (TPSA) is 61.5 Å². The number of pyridine rings is 1. The highest BCUT2D eigenvalue weighted by Crippen LogP contribution is 2.32. The van der Waals surface area contributed by atoms with Crippen molar-refractivity contribution in [2.75, 3.05) is 14.2 Å². The largest absolute Gasteiger partial charge is 0.493 e. The molecule has 3 heterocycles. The Morgan fingerprint density at radius 3 is 2.81 bits per heavy atom. The number of hydrogen-bond donors (Lipinski definition) is 0. The van der Waals surface area contributed by atoms with Crippen LogP contribution in [-0.4, -0.2) is 33.8 Å². The monoisotopic (exact) mass is 366 g/mol. The van der Waals surface area contributed by atoms with Crippen LogP contribution in [0, 0.1) is 0 Å². The van der Waals surface area contributed by atoms with E-state index in [2.05, 4.69) is 21.2 Å². The summed E-state index contributed by atoms with van der Waals surface area (Å²) in [5, 5.41) is 10.6. The van der Waals surface area contributed by atoms with Gasteiger partial charge in [0.15, 0.2) is 11.5 Å². The van der Waals surface area contributed by atoms with Crippen molar-refractivity contribution in [3.8, 4) is 22.1 Å². The summed E-state index contributed by atoms with van der Waals surface area (Å²) < 4.78 is 12.8. The standard InChI is InChI=1S/C19H18N4O2S/c1-24-15-5-3-4-13(18(15)25-2)7-9-17-21-22-19(26-17)14-6-8-16-20-10-11-23(16)12-14/h3-6,8,10-12H,7,9H2,1-2H3. The second-order valence-electron chi connectivity index (χ2n) is 5.76. The predicted octanol–water partition coefficient (Wildman–Crippen LogP) is 3.66. The molecule has 0 unspecified atom stereocenters. The molecule has 0 N–H and O–H groups in total. The first-order valence-electron chi connectivity index (χ1n) is 8.24. The Morgan fingerprint density at radius 1 is 1.04 bits per heavy atom. The number of imidazole rings is 1. The van der Waals surface area contributed by atoms with Crippen molar-refractivity contribution in [1.82, 2.24) is 19.6 Å². The number of benzene rings is 1. The van der Waals surface area contributed by atoms with Crippen LogP contribution in [-0.2, 0) is 12.8 Å². The van der Waals surface area contributed by atoms with Crippen molar-refractivity contribution in [2.45, 2.75) is 12.8 Å². The first-order chi connectivity index (χ1) is 12.8. The van der Waals surface area contributed by atoms with Crippen LogP contribution in [0.25, 0.3) is 16.2 Å². The fraction of sp³-hybridized carbons (Fsp3) is 0.211. The SMILES string of the molecule is COc1cccc(CCc2nnc(-c3ccc4nccn4c3)s2)c1OC. The summed E-state index contributed by atoms with van der Waals surface area (Å²) >= 11 is 1.61. The molecule has 0 atom stereocenters. The number of para-hydroxylation sites is 1. The molecule has 0 fully saturated rings. The van der Waals surface area contributed by atoms with Gasteiger partial charge in [0.05, 0.1) is 14.2 Å². The van der Waals surface area contributed by atoms with Gasteiger partial charge in [-0.2, -0.15) is 0 Å². The molecule has 3 aromatic heterocycles. The van der Waals surface area contributed by atoms with E-state index in [0.29, 0.717) is 0 Å². The van der Waals surface area contributed by atoms with Crippen molar-refractivity contribution in [3.05, 3.63) is 59.5 Å². The van der Waals surface area contributed by atoms with Crippen LogP contribution in [0.2, 0.25) is 0 Å². The average Bonchev–Trinajstić information content (AvgIpc) is 3.34. The highest BCUT2D eigenvalue weighted by atomic mass is 32.1. The first-order valence-corrected chi connectivity index (χ1v) is 9.05. The van der Waals surface area contributed by atoms with Crippen molar-refractivity contribution in [1.29, 1.82) is 0 Å². The third-order valence-electron chi connectivity index (χ3n) is 4.20. The number of methoxy groups -OCH3 is 2. The lowest BCUT2D eigenvalue weighted by atomic mass is 10.1. The maximum Gasteiger partial charge on any atom is 0.163 e. The molecule has 0 aliphatic heterocycles. The third-order valence-corrected chi connectivity index (χ3v) is 5.23. The molecule has 4 aromatic rings. The van der Waals surface area contributed by atoms with Crippen molar-refractivity contribution in [2.24, 2.45) is 0 Å². The molecular weight excluding hydrogens is 348 g/mol. The maximum atomic E-state index is 5.50. The fourth-order valence-electron chi connectivity index (χ4n) is 2.91. The highest BCUT2D eigenvalue weighted by molar-refractivity contribution is 7.14. The van der Waals surface area contributed by atoms with Gasteiger partial charge in [-0.25, -0.2) is 4.98 Å². The second kappa shape index (κ2) is 7.13. The predicted molar refractivity (Wildman–Crippen MR) is 101 cm³/mol. The van der Waals surface area contributed by atoms with Gasteiger partial charge in [0, 0.05) is 30.6 Å². The Hall–Kier alpha value is -2.93. The van der Waals surface area contributed by atoms with Gasteiger partial charge in [0.2, 0.25) is 0 Å². The summed E-state index contributed by atoms with van der Waals surface area (Å²) in [5.74, 6) is 1.53. The average molecular weight is 366 g/mol. The van der Waals surface area contributed by atoms with Crippen LogP contribution < -0.4 is 9.47 Å². The highest BCUT2D eigenvalue weighted by Gasteiger charge is 2.12. The summed E-state index contributed by atoms with van der Waals surface area (Å²) in [6, 6.07) is 9.94. The summed E-state index contributed by atoms with van der Waals surface area (Å²) in [7, 11) is 3.31. The minimum Gasteiger partial charge on any atom is -0.493 e. The zero-order chi connectivity index (χ0) is 17.9. The number of ether oxygens (including phenoxy) is 2. The molecule has 132 valence electrons. The van der Waals surface area contributed by atoms with E-state index in [-0.39, 0.29) is 0 Å². The first kappa shape index (κ1) is 16.5. The van der Waals surface area contributed by atoms with Gasteiger partial charge < -0.3 is 13.9 Å². The van der Waals surface area contributed by atoms with Gasteiger partial charge in [0.1, 0.15) is 15.7 Å². The zero-order valence-electron chi connectivity index (χ0n) is 14.5. The van der Waals surface area contributed by atoms with Crippen LogP contribution in [0.1, 0.15) is 10.6 Å². The molecule has 0 amide bonds. The van der Waals surface area contributed by atoms with E-state index >= 15 is 0 Å². The number of hydrogen-bond acceptors (Lipinski definition) is 6. The smallest absolute Gasteiger partial charge is 0.163 e. The number of aromatic nitrogens is 4. The van der Waals surface area contributed by atoms with E-state index < -0.39 is 0 Å². The Bertz CT molecular complexity index is 1040. The van der Waals surface area contributed by atoms with Crippen LogP contribution in [0.5, 0.6) is 11.5 Å². The maximum absolute atomic E-state index is 5.50. The summed E-state index contributed by atoms with van der Waals surface area (Å²) in [6.07, 6.45) is 7.35. The Kier molecular flexibility index (Phi) is 4.53. The zero-order valence-corrected chi connectivity index (χ0v) is 15.4. The van der Waals surface area contributed by atoms with E-state index in [1.807, 2.05) is 41.1 Å². The Balaban J connectivity index is 1.52. The Morgan fingerprint density at radius 2 is 1.96 bits per heavy atom. The van der Waals surface area contributed by atoms with Crippen LogP contribution in [0.3, 0.4) is 0 Å². The number of nitrogens with zero attached hydrogens (tertiary/aromatic N) is 4. The van der Waals surface area contributed by atoms with Crippen molar-refractivity contribution >= 4 is 17.0 Å². The quantitative estimate of drug-likeness (QED) is 0.521. The molecule has 6 nitrogen and oxygen atoms in total. The second-order valence-corrected chi connectivity index (χ2v) is 6.83. The van der Waals surface area contributed by atoms with E-state index in [4.69, 9.17) is 9.47 Å². The molecule has 4 rings (SSSR count). The van der Waals surface area contributed by atoms with Gasteiger partial charge >= 0.3 is 0 Å². The lowest BCUT2D eigenvalue weighted by Crippen LogP contribution is -1.98. The summed E-state index contributed by atoms with van der Waals surface area (Å²) in [4.78, 5) is 4.26. The summed E-state index contributed by atoms with van der Waals surface area (Å²) in [6.45, 7) is 0. The van der Waals surface area contributed by atoms with E-state index in [1.165, 1.54) is 0 Å². The molecule has 0 bridgehead atoms. The van der Waals surface area contributed by atoms with Gasteiger partial charge in [0.25, 0.3) is 0 Å². The molecule has 0 saturated heterocycles. The molecule has 0 spiro atoms. The third kappa shape index (κ3) is 3.13. The summed E-state index contributed by atoms with van der Waals surface area (Å²) in [5.41, 5.74) is 3.06. The molecule has 0 aliphatic carbocycles. The van der Waals surface area contributed by atoms with Crippen molar-refractivity contribution in [3.63, 3.8) is 0 Å². The molecular formula is C19H18N4O2S. The minimum absolute atomic E-state index is 0.747. The van der Waals surface area contributed by atoms with E-state index in [0.717, 1.165) is 51.1 Å². The van der Waals surface area contributed by atoms with Crippen LogP contribution in [0.4, 0.5) is 0 Å². The molecule has 26 heavy (non-hydrogen) atoms. The van der Waals surface area contributed by atoms with Gasteiger partial charge in [-0.05, 0) is 30.2 Å². The molecule has 1 aromatic carbocycles. The lowest BCUT2D eigenvalue weighted by molar-refractivity contribution is 0.351.